The Morgan fingerprint density at radius 2 is 1.94 bits per heavy atom. The normalized spacial score (nSPS) is 15.8. The number of hydrazine groups is 1. The summed E-state index contributed by atoms with van der Waals surface area (Å²) in [6.45, 7) is 2.62. The Hall–Kier alpha value is -2.23. The number of methoxy groups -OCH3 is 1. The van der Waals surface area contributed by atoms with Crippen molar-refractivity contribution < 1.29 is 27.4 Å². The van der Waals surface area contributed by atoms with Crippen LogP contribution in [-0.2, 0) is 12.0 Å². The number of hydrogen-bond acceptors (Lipinski definition) is 5. The zero-order chi connectivity index (χ0) is 23.0. The third-order valence-corrected chi connectivity index (χ3v) is 5.76. The van der Waals surface area contributed by atoms with Gasteiger partial charge in [-0.3, -0.25) is 0 Å². The van der Waals surface area contributed by atoms with Crippen molar-refractivity contribution >= 4 is 23.0 Å². The second-order valence-corrected chi connectivity index (χ2v) is 8.63. The third-order valence-electron chi connectivity index (χ3n) is 5.47. The molecule has 0 radical (unpaired) electrons. The van der Waals surface area contributed by atoms with Crippen LogP contribution in [0.25, 0.3) is 0 Å². The predicted octanol–water partition coefficient (Wildman–Crippen LogP) is 4.99. The maximum atomic E-state index is 14.1. The molecule has 0 aliphatic carbocycles. The van der Waals surface area contributed by atoms with Gasteiger partial charge in [0.25, 0.3) is 0 Å². The average molecular weight is 462 g/mol. The van der Waals surface area contributed by atoms with Crippen LogP contribution >= 0.6 is 11.6 Å². The molecule has 10 heteroatoms. The number of hydrogen-bond donors (Lipinski definition) is 4. The van der Waals surface area contributed by atoms with Gasteiger partial charge in [-0.1, -0.05) is 31.5 Å². The van der Waals surface area contributed by atoms with Crippen molar-refractivity contribution in [3.8, 4) is 5.75 Å². The molecule has 0 spiro atoms. The Bertz CT molecular complexity index is 968. The van der Waals surface area contributed by atoms with E-state index in [1.807, 2.05) is 0 Å². The second kappa shape index (κ2) is 8.37. The molecule has 0 fully saturated rings. The van der Waals surface area contributed by atoms with Gasteiger partial charge in [-0.15, -0.1) is 0 Å². The van der Waals surface area contributed by atoms with Gasteiger partial charge in [0.15, 0.2) is 5.60 Å². The Labute approximate surface area is 182 Å². The maximum absolute atomic E-state index is 14.1. The number of anilines is 2. The fourth-order valence-electron chi connectivity index (χ4n) is 3.84. The Morgan fingerprint density at radius 1 is 1.23 bits per heavy atom. The molecule has 1 heterocycles. The molecule has 0 amide bonds. The second-order valence-electron chi connectivity index (χ2n) is 8.22. The van der Waals surface area contributed by atoms with E-state index in [1.165, 1.54) is 27.0 Å². The van der Waals surface area contributed by atoms with Crippen LogP contribution in [0, 0.1) is 5.82 Å². The summed E-state index contributed by atoms with van der Waals surface area (Å²) in [4.78, 5) is 0. The third kappa shape index (κ3) is 4.68. The van der Waals surface area contributed by atoms with Crippen molar-refractivity contribution in [2.45, 2.75) is 44.0 Å². The molecule has 0 saturated heterocycles. The first-order valence-electron chi connectivity index (χ1n) is 9.55. The van der Waals surface area contributed by atoms with Gasteiger partial charge >= 0.3 is 6.18 Å². The average Bonchev–Trinajstić information content (AvgIpc) is 3.16. The molecule has 170 valence electrons. The van der Waals surface area contributed by atoms with Crippen LogP contribution in [0.5, 0.6) is 5.75 Å². The van der Waals surface area contributed by atoms with Crippen LogP contribution in [0.2, 0.25) is 5.02 Å². The summed E-state index contributed by atoms with van der Waals surface area (Å²) in [5.74, 6) is -0.633. The van der Waals surface area contributed by atoms with Gasteiger partial charge in [0.05, 0.1) is 24.4 Å². The largest absolute Gasteiger partial charge is 0.496 e. The highest BCUT2D eigenvalue weighted by atomic mass is 35.5. The van der Waals surface area contributed by atoms with Gasteiger partial charge in [0.2, 0.25) is 0 Å². The molecule has 31 heavy (non-hydrogen) atoms. The molecule has 2 aromatic rings. The SMILES string of the molecule is COc1cc(Cl)c(F)cc1C(C)(C)CC(O)(CNc1cccc2c1CNN2)C(F)(F)F. The Kier molecular flexibility index (Phi) is 6.32. The molecule has 5 nitrogen and oxygen atoms in total. The molecule has 0 saturated carbocycles. The number of fused-ring (bicyclic) bond motifs is 1. The monoisotopic (exact) mass is 461 g/mol. The summed E-state index contributed by atoms with van der Waals surface area (Å²) >= 11 is 5.78. The lowest BCUT2D eigenvalue weighted by atomic mass is 9.74. The first-order valence-corrected chi connectivity index (χ1v) is 9.93. The lowest BCUT2D eigenvalue weighted by Gasteiger charge is -2.38. The van der Waals surface area contributed by atoms with Crippen molar-refractivity contribution in [2.24, 2.45) is 0 Å². The van der Waals surface area contributed by atoms with Crippen LogP contribution in [0.15, 0.2) is 30.3 Å². The summed E-state index contributed by atoms with van der Waals surface area (Å²) < 4.78 is 61.3. The minimum atomic E-state index is -4.94. The zero-order valence-corrected chi connectivity index (χ0v) is 18.0. The standard InChI is InChI=1S/C21H24ClF4N3O2/c1-19(2,13-7-15(23)14(22)8-18(13)31-3)10-20(30,21(24,25)26)11-27-16-5-4-6-17-12(16)9-28-29-17/h4-8,27-30H,9-11H2,1-3H3. The zero-order valence-electron chi connectivity index (χ0n) is 17.3. The van der Waals surface area contributed by atoms with E-state index in [1.54, 1.807) is 18.2 Å². The topological polar surface area (TPSA) is 65.5 Å². The van der Waals surface area contributed by atoms with Crippen LogP contribution in [0.4, 0.5) is 28.9 Å². The quantitative estimate of drug-likeness (QED) is 0.437. The van der Waals surface area contributed by atoms with E-state index in [0.717, 1.165) is 17.3 Å². The number of rotatable bonds is 7. The number of alkyl halides is 3. The molecular weight excluding hydrogens is 438 g/mol. The summed E-state index contributed by atoms with van der Waals surface area (Å²) in [6, 6.07) is 7.39. The molecule has 2 aromatic carbocycles. The molecular formula is C21H24ClF4N3O2. The van der Waals surface area contributed by atoms with E-state index in [0.29, 0.717) is 12.2 Å². The summed E-state index contributed by atoms with van der Waals surface area (Å²) in [6.07, 6.45) is -5.68. The molecule has 3 rings (SSSR count). The van der Waals surface area contributed by atoms with Crippen molar-refractivity contribution in [3.63, 3.8) is 0 Å². The maximum Gasteiger partial charge on any atom is 0.418 e. The van der Waals surface area contributed by atoms with E-state index in [-0.39, 0.29) is 16.3 Å². The summed E-state index contributed by atoms with van der Waals surface area (Å²) in [5.41, 5.74) is 3.59. The van der Waals surface area contributed by atoms with Crippen molar-refractivity contribution in [1.29, 1.82) is 0 Å². The van der Waals surface area contributed by atoms with E-state index < -0.39 is 36.0 Å². The first kappa shape index (κ1) is 23.4. The highest BCUT2D eigenvalue weighted by molar-refractivity contribution is 6.30. The summed E-state index contributed by atoms with van der Waals surface area (Å²) in [5, 5.41) is 13.3. The highest BCUT2D eigenvalue weighted by Gasteiger charge is 2.56. The lowest BCUT2D eigenvalue weighted by Crippen LogP contribution is -2.53. The van der Waals surface area contributed by atoms with Gasteiger partial charge < -0.3 is 20.6 Å². The predicted molar refractivity (Wildman–Crippen MR) is 112 cm³/mol. The molecule has 1 aliphatic heterocycles. The smallest absolute Gasteiger partial charge is 0.418 e. The van der Waals surface area contributed by atoms with Crippen LogP contribution in [0.3, 0.4) is 0 Å². The number of benzene rings is 2. The Balaban J connectivity index is 1.91. The van der Waals surface area contributed by atoms with E-state index in [4.69, 9.17) is 16.3 Å². The van der Waals surface area contributed by atoms with Crippen molar-refractivity contribution in [1.82, 2.24) is 5.43 Å². The minimum absolute atomic E-state index is 0.145. The number of halogens is 5. The fraction of sp³-hybridized carbons (Fsp3) is 0.429. The van der Waals surface area contributed by atoms with Gasteiger partial charge in [-0.05, 0) is 30.0 Å². The van der Waals surface area contributed by atoms with Crippen LogP contribution < -0.4 is 20.9 Å². The fourth-order valence-corrected chi connectivity index (χ4v) is 4.00. The summed E-state index contributed by atoms with van der Waals surface area (Å²) in [7, 11) is 1.32. The highest BCUT2D eigenvalue weighted by Crippen LogP contribution is 2.44. The van der Waals surface area contributed by atoms with E-state index in [9.17, 15) is 22.7 Å². The van der Waals surface area contributed by atoms with Gasteiger partial charge in [0.1, 0.15) is 11.6 Å². The molecule has 1 aliphatic rings. The van der Waals surface area contributed by atoms with Gasteiger partial charge in [0, 0.05) is 29.4 Å². The van der Waals surface area contributed by atoms with Crippen molar-refractivity contribution in [2.75, 3.05) is 24.4 Å². The molecule has 1 unspecified atom stereocenters. The molecule has 0 bridgehead atoms. The molecule has 0 aromatic heterocycles. The van der Waals surface area contributed by atoms with Crippen LogP contribution in [-0.4, -0.2) is 30.5 Å². The minimum Gasteiger partial charge on any atom is -0.496 e. The Morgan fingerprint density at radius 3 is 2.58 bits per heavy atom. The van der Waals surface area contributed by atoms with Gasteiger partial charge in [-0.2, -0.15) is 13.2 Å². The number of aliphatic hydroxyl groups is 1. The number of nitrogens with one attached hydrogen (secondary N) is 3. The lowest BCUT2D eigenvalue weighted by molar-refractivity contribution is -0.260. The molecule has 4 N–H and O–H groups in total. The number of ether oxygens (including phenoxy) is 1. The van der Waals surface area contributed by atoms with E-state index in [2.05, 4.69) is 16.2 Å². The van der Waals surface area contributed by atoms with Crippen molar-refractivity contribution in [3.05, 3.63) is 52.3 Å². The van der Waals surface area contributed by atoms with Crippen LogP contribution in [0.1, 0.15) is 31.4 Å². The van der Waals surface area contributed by atoms with Gasteiger partial charge in [-0.25, -0.2) is 9.82 Å². The van der Waals surface area contributed by atoms with E-state index >= 15 is 0 Å². The first-order chi connectivity index (χ1) is 14.4. The molecule has 1 atom stereocenters.